The summed E-state index contributed by atoms with van der Waals surface area (Å²) in [6.45, 7) is 2.49. The highest BCUT2D eigenvalue weighted by Gasteiger charge is 2.36. The molecule has 1 aliphatic carbocycles. The lowest BCUT2D eigenvalue weighted by molar-refractivity contribution is -0.0371. The van der Waals surface area contributed by atoms with Crippen LogP contribution in [0.15, 0.2) is 36.5 Å². The second kappa shape index (κ2) is 9.01. The molecule has 11 nitrogen and oxygen atoms in total. The molecule has 0 amide bonds. The van der Waals surface area contributed by atoms with Crippen molar-refractivity contribution >= 4 is 27.3 Å². The van der Waals surface area contributed by atoms with Gasteiger partial charge in [0.1, 0.15) is 18.7 Å². The summed E-state index contributed by atoms with van der Waals surface area (Å²) in [5.74, 6) is 0.991. The molecule has 2 aliphatic rings. The highest BCUT2D eigenvalue weighted by Crippen LogP contribution is 2.32. The number of anilines is 1. The van der Waals surface area contributed by atoms with Gasteiger partial charge in [0.15, 0.2) is 17.0 Å². The largest absolute Gasteiger partial charge is 0.390 e. The number of rotatable bonds is 8. The number of imidazole rings is 1. The molecule has 2 aromatic heterocycles. The molecule has 1 saturated heterocycles. The molecule has 168 valence electrons. The first kappa shape index (κ1) is 21.8. The van der Waals surface area contributed by atoms with E-state index in [0.717, 1.165) is 12.8 Å². The van der Waals surface area contributed by atoms with Crippen LogP contribution in [0, 0.1) is 5.92 Å². The van der Waals surface area contributed by atoms with Crippen molar-refractivity contribution in [3.63, 3.8) is 0 Å². The average molecular weight is 451 g/mol. The molecule has 4 rings (SSSR count). The summed E-state index contributed by atoms with van der Waals surface area (Å²) in [5, 5.41) is 18.4. The Kier molecular flexibility index (Phi) is 6.34. The minimum Gasteiger partial charge on any atom is -0.390 e. The van der Waals surface area contributed by atoms with Gasteiger partial charge in [-0.25, -0.2) is 20.1 Å². The van der Waals surface area contributed by atoms with Gasteiger partial charge in [-0.3, -0.25) is 8.75 Å². The van der Waals surface area contributed by atoms with Crippen LogP contribution in [0.25, 0.3) is 11.2 Å². The maximum absolute atomic E-state index is 11.0. The van der Waals surface area contributed by atoms with E-state index in [1.54, 1.807) is 10.9 Å². The van der Waals surface area contributed by atoms with E-state index in [1.165, 1.54) is 11.9 Å². The monoisotopic (exact) mass is 450 g/mol. The van der Waals surface area contributed by atoms with E-state index >= 15 is 0 Å². The molecule has 4 atom stereocenters. The van der Waals surface area contributed by atoms with Crippen molar-refractivity contribution < 1.29 is 22.4 Å². The number of nitrogens with two attached hydrogens (primary N) is 1. The van der Waals surface area contributed by atoms with Gasteiger partial charge in [-0.05, 0) is 18.8 Å². The fraction of sp³-hybridized carbons (Fsp3) is 0.526. The minimum atomic E-state index is -4.11. The zero-order valence-electron chi connectivity index (χ0n) is 17.1. The van der Waals surface area contributed by atoms with Crippen molar-refractivity contribution in [2.45, 2.75) is 44.6 Å². The Morgan fingerprint density at radius 3 is 2.94 bits per heavy atom. The number of aliphatic hydroxyl groups is 1. The predicted molar refractivity (Wildman–Crippen MR) is 113 cm³/mol. The molecular weight excluding hydrogens is 424 g/mol. The van der Waals surface area contributed by atoms with Crippen LogP contribution in [0.1, 0.15) is 32.4 Å². The van der Waals surface area contributed by atoms with E-state index in [0.29, 0.717) is 29.4 Å². The number of fused-ring (bicyclic) bond motifs is 1. The third kappa shape index (κ3) is 5.10. The number of nitrogens with zero attached hydrogens (tertiary/aromatic N) is 4. The van der Waals surface area contributed by atoms with Crippen LogP contribution < -0.4 is 10.5 Å². The second-order valence-corrected chi connectivity index (χ2v) is 8.85. The highest BCUT2D eigenvalue weighted by atomic mass is 32.2. The van der Waals surface area contributed by atoms with E-state index in [-0.39, 0.29) is 13.0 Å². The summed E-state index contributed by atoms with van der Waals surface area (Å²) >= 11 is 0. The lowest BCUT2D eigenvalue weighted by Crippen LogP contribution is -2.30. The van der Waals surface area contributed by atoms with E-state index < -0.39 is 28.7 Å². The molecule has 12 heteroatoms. The van der Waals surface area contributed by atoms with Gasteiger partial charge in [-0.1, -0.05) is 30.7 Å². The van der Waals surface area contributed by atoms with Crippen LogP contribution in [0.3, 0.4) is 0 Å². The summed E-state index contributed by atoms with van der Waals surface area (Å²) in [6.07, 6.45) is 9.57. The third-order valence-electron chi connectivity index (χ3n) is 5.47. The average Bonchev–Trinajstić information content (AvgIpc) is 3.34. The molecule has 1 unspecified atom stereocenters. The van der Waals surface area contributed by atoms with Crippen molar-refractivity contribution in [1.82, 2.24) is 19.5 Å². The normalized spacial score (nSPS) is 26.4. The van der Waals surface area contributed by atoms with Crippen molar-refractivity contribution in [3.05, 3.63) is 36.5 Å². The number of ether oxygens (including phenoxy) is 1. The summed E-state index contributed by atoms with van der Waals surface area (Å²) in [7, 11) is -4.11. The number of aliphatic hydroxyl groups excluding tert-OH is 1. The van der Waals surface area contributed by atoms with Gasteiger partial charge >= 0.3 is 10.3 Å². The Bertz CT molecular complexity index is 1100. The molecule has 1 aliphatic heterocycles. The van der Waals surface area contributed by atoms with Crippen molar-refractivity contribution in [1.29, 1.82) is 0 Å². The second-order valence-electron chi connectivity index (χ2n) is 7.62. The maximum atomic E-state index is 11.0. The molecule has 0 bridgehead atoms. The molecule has 31 heavy (non-hydrogen) atoms. The number of hydrogen-bond acceptors (Lipinski definition) is 9. The number of allylic oxidation sites excluding steroid dienone is 3. The third-order valence-corrected chi connectivity index (χ3v) is 5.94. The summed E-state index contributed by atoms with van der Waals surface area (Å²) in [4.78, 5) is 13.1. The van der Waals surface area contributed by atoms with E-state index in [4.69, 9.17) is 9.88 Å². The Balaban J connectivity index is 1.44. The van der Waals surface area contributed by atoms with Gasteiger partial charge in [0.05, 0.1) is 19.0 Å². The van der Waals surface area contributed by atoms with Gasteiger partial charge in [0.25, 0.3) is 0 Å². The predicted octanol–water partition coefficient (Wildman–Crippen LogP) is 1.02. The molecule has 3 heterocycles. The van der Waals surface area contributed by atoms with Crippen molar-refractivity contribution in [2.24, 2.45) is 11.1 Å². The van der Waals surface area contributed by atoms with E-state index in [9.17, 15) is 13.5 Å². The Morgan fingerprint density at radius 2 is 2.23 bits per heavy atom. The lowest BCUT2D eigenvalue weighted by atomic mass is 9.95. The Morgan fingerprint density at radius 1 is 1.39 bits per heavy atom. The van der Waals surface area contributed by atoms with Gasteiger partial charge < -0.3 is 15.2 Å². The van der Waals surface area contributed by atoms with E-state index in [1.807, 2.05) is 0 Å². The molecule has 0 spiro atoms. The van der Waals surface area contributed by atoms with Gasteiger partial charge in [-0.15, -0.1) is 0 Å². The Labute approximate surface area is 180 Å². The standard InChI is InChI=1S/C19H26N6O5S/c1-2-12-3-5-13(6-4-12)8-21-18-17-19(23-10-22-18)25(11-24-17)16-7-14(26)15(30-16)9-29-31(20,27)28/h3-5,10-11,13-16,26H,2,6-9H2,1H3,(H2,20,27,28)(H,21,22,23)/t13?,14-,15+,16+/m0/s1. The number of nitrogens with one attached hydrogen (secondary N) is 1. The first-order chi connectivity index (χ1) is 14.8. The van der Waals surface area contributed by atoms with Crippen LogP contribution >= 0.6 is 0 Å². The fourth-order valence-electron chi connectivity index (χ4n) is 3.74. The molecular formula is C19H26N6O5S. The first-order valence-electron chi connectivity index (χ1n) is 10.1. The number of aromatic nitrogens is 4. The minimum absolute atomic E-state index is 0.232. The Hall–Kier alpha value is -2.38. The number of hydrogen-bond donors (Lipinski definition) is 3. The lowest BCUT2D eigenvalue weighted by Gasteiger charge is -2.17. The van der Waals surface area contributed by atoms with Crippen molar-refractivity contribution in [3.8, 4) is 0 Å². The molecule has 1 fully saturated rings. The molecule has 2 aromatic rings. The van der Waals surface area contributed by atoms with Crippen LogP contribution in [0.2, 0.25) is 0 Å². The molecule has 4 N–H and O–H groups in total. The van der Waals surface area contributed by atoms with Crippen LogP contribution in [0.4, 0.5) is 5.82 Å². The summed E-state index contributed by atoms with van der Waals surface area (Å²) < 4.78 is 34.0. The van der Waals surface area contributed by atoms with Crippen molar-refractivity contribution in [2.75, 3.05) is 18.5 Å². The maximum Gasteiger partial charge on any atom is 0.333 e. The summed E-state index contributed by atoms with van der Waals surface area (Å²) in [5.41, 5.74) is 2.50. The van der Waals surface area contributed by atoms with Gasteiger partial charge in [0, 0.05) is 13.0 Å². The van der Waals surface area contributed by atoms with Crippen LogP contribution in [-0.2, 0) is 19.2 Å². The van der Waals surface area contributed by atoms with Gasteiger partial charge in [0.2, 0.25) is 0 Å². The molecule has 0 radical (unpaired) electrons. The first-order valence-corrected chi connectivity index (χ1v) is 11.6. The zero-order chi connectivity index (χ0) is 22.0. The van der Waals surface area contributed by atoms with Crippen LogP contribution in [-0.4, -0.2) is 58.4 Å². The molecule has 0 saturated carbocycles. The smallest absolute Gasteiger partial charge is 0.333 e. The van der Waals surface area contributed by atoms with Crippen LogP contribution in [0.5, 0.6) is 0 Å². The summed E-state index contributed by atoms with van der Waals surface area (Å²) in [6, 6.07) is 0. The fourth-order valence-corrected chi connectivity index (χ4v) is 4.06. The highest BCUT2D eigenvalue weighted by molar-refractivity contribution is 7.84. The van der Waals surface area contributed by atoms with E-state index in [2.05, 4.69) is 49.6 Å². The topological polar surface area (TPSA) is 154 Å². The quantitative estimate of drug-likeness (QED) is 0.534. The SMILES string of the molecule is CCC1=CCC(CNc2ncnc3c2ncn3[C@H]2C[C@H](O)[C@@H](COS(N)(=O)=O)O2)C=C1. The molecule has 0 aromatic carbocycles. The zero-order valence-corrected chi connectivity index (χ0v) is 17.9. The van der Waals surface area contributed by atoms with Gasteiger partial charge in [-0.2, -0.15) is 8.42 Å².